The van der Waals surface area contributed by atoms with Crippen molar-refractivity contribution in [2.45, 2.75) is 46.3 Å². The van der Waals surface area contributed by atoms with Crippen molar-refractivity contribution in [3.05, 3.63) is 22.4 Å². The van der Waals surface area contributed by atoms with Crippen molar-refractivity contribution in [2.24, 2.45) is 5.92 Å². The second kappa shape index (κ2) is 9.56. The Balaban J connectivity index is 2.50. The molecule has 1 aromatic heterocycles. The number of amides is 3. The van der Waals surface area contributed by atoms with Crippen LogP contribution in [0.3, 0.4) is 0 Å². The number of likely N-dealkylation sites (N-methyl/N-ethyl adjacent to an activating group) is 1. The number of rotatable bonds is 7. The summed E-state index contributed by atoms with van der Waals surface area (Å²) in [5, 5.41) is 7.34. The first-order valence-corrected chi connectivity index (χ1v) is 9.45. The molecule has 0 aliphatic rings. The van der Waals surface area contributed by atoms with Crippen molar-refractivity contribution in [1.29, 1.82) is 0 Å². The van der Waals surface area contributed by atoms with Gasteiger partial charge in [0.1, 0.15) is 11.6 Å². The quantitative estimate of drug-likeness (QED) is 0.757. The van der Waals surface area contributed by atoms with Crippen LogP contribution in [0.15, 0.2) is 17.5 Å². The molecule has 1 aromatic rings. The molecular weight excluding hydrogens is 354 g/mol. The van der Waals surface area contributed by atoms with Crippen LogP contribution in [0.1, 0.15) is 44.3 Å². The number of hydrogen-bond acceptors (Lipinski definition) is 5. The van der Waals surface area contributed by atoms with Crippen molar-refractivity contribution in [2.75, 3.05) is 20.1 Å². The van der Waals surface area contributed by atoms with E-state index in [-0.39, 0.29) is 24.3 Å². The van der Waals surface area contributed by atoms with Crippen molar-refractivity contribution in [1.82, 2.24) is 15.5 Å². The summed E-state index contributed by atoms with van der Waals surface area (Å²) in [6.07, 6.45) is -0.446. The van der Waals surface area contributed by atoms with E-state index in [2.05, 4.69) is 10.6 Å². The minimum Gasteiger partial charge on any atom is -0.444 e. The maximum Gasteiger partial charge on any atom is 0.410 e. The predicted molar refractivity (Wildman–Crippen MR) is 102 cm³/mol. The molecule has 3 amide bonds. The van der Waals surface area contributed by atoms with Crippen LogP contribution in [0, 0.1) is 5.92 Å². The lowest BCUT2D eigenvalue weighted by Crippen LogP contribution is -2.51. The van der Waals surface area contributed by atoms with Crippen LogP contribution in [0.25, 0.3) is 0 Å². The van der Waals surface area contributed by atoms with Gasteiger partial charge in [-0.3, -0.25) is 9.59 Å². The molecular formula is C18H29N3O4S. The first kappa shape index (κ1) is 22.0. The maximum atomic E-state index is 12.4. The third-order valence-corrected chi connectivity index (χ3v) is 4.30. The molecule has 1 rings (SSSR count). The Kier molecular flexibility index (Phi) is 8.08. The average molecular weight is 384 g/mol. The number of carbonyl (C=O) groups is 3. The molecule has 0 saturated heterocycles. The summed E-state index contributed by atoms with van der Waals surface area (Å²) >= 11 is 1.32. The van der Waals surface area contributed by atoms with E-state index < -0.39 is 17.7 Å². The van der Waals surface area contributed by atoms with E-state index in [0.29, 0.717) is 11.4 Å². The second-order valence-electron chi connectivity index (χ2n) is 7.37. The van der Waals surface area contributed by atoms with Crippen LogP contribution in [0.2, 0.25) is 0 Å². The monoisotopic (exact) mass is 383 g/mol. The molecule has 0 spiro atoms. The number of nitrogens with one attached hydrogen (secondary N) is 2. The third kappa shape index (κ3) is 7.43. The van der Waals surface area contributed by atoms with Gasteiger partial charge in [-0.2, -0.15) is 0 Å². The summed E-state index contributed by atoms with van der Waals surface area (Å²) in [4.78, 5) is 38.4. The fourth-order valence-electron chi connectivity index (χ4n) is 2.04. The maximum absolute atomic E-state index is 12.4. The average Bonchev–Trinajstić information content (AvgIpc) is 3.04. The zero-order valence-corrected chi connectivity index (χ0v) is 17.1. The van der Waals surface area contributed by atoms with Crippen molar-refractivity contribution in [3.63, 3.8) is 0 Å². The minimum absolute atomic E-state index is 0.0671. The highest BCUT2D eigenvalue weighted by Crippen LogP contribution is 2.11. The van der Waals surface area contributed by atoms with E-state index in [1.807, 2.05) is 19.2 Å². The molecule has 7 nitrogen and oxygen atoms in total. The van der Waals surface area contributed by atoms with Crippen LogP contribution in [0.4, 0.5) is 4.79 Å². The van der Waals surface area contributed by atoms with Gasteiger partial charge >= 0.3 is 6.09 Å². The molecule has 8 heteroatoms. The van der Waals surface area contributed by atoms with Gasteiger partial charge in [-0.1, -0.05) is 19.9 Å². The summed E-state index contributed by atoms with van der Waals surface area (Å²) in [6, 6.07) is 2.86. The van der Waals surface area contributed by atoms with Gasteiger partial charge in [0.05, 0.1) is 4.88 Å². The van der Waals surface area contributed by atoms with Crippen LogP contribution in [-0.2, 0) is 9.53 Å². The molecule has 0 saturated carbocycles. The lowest BCUT2D eigenvalue weighted by Gasteiger charge is -2.25. The highest BCUT2D eigenvalue weighted by molar-refractivity contribution is 7.12. The fourth-order valence-corrected chi connectivity index (χ4v) is 2.67. The van der Waals surface area contributed by atoms with Crippen molar-refractivity contribution >= 4 is 29.2 Å². The molecule has 0 radical (unpaired) electrons. The van der Waals surface area contributed by atoms with E-state index in [4.69, 9.17) is 4.74 Å². The van der Waals surface area contributed by atoms with E-state index >= 15 is 0 Å². The molecule has 1 heterocycles. The number of ether oxygens (including phenoxy) is 1. The molecule has 0 aliphatic carbocycles. The number of thiophene rings is 1. The summed E-state index contributed by atoms with van der Waals surface area (Å²) in [6.45, 7) is 9.70. The third-order valence-electron chi connectivity index (χ3n) is 3.43. The zero-order chi connectivity index (χ0) is 19.9. The molecule has 0 aromatic carbocycles. The van der Waals surface area contributed by atoms with E-state index in [1.54, 1.807) is 40.0 Å². The topological polar surface area (TPSA) is 87.7 Å². The summed E-state index contributed by atoms with van der Waals surface area (Å²) in [5.74, 6) is -0.607. The van der Waals surface area contributed by atoms with Gasteiger partial charge < -0.3 is 20.3 Å². The second-order valence-corrected chi connectivity index (χ2v) is 8.31. The highest BCUT2D eigenvalue weighted by Gasteiger charge is 2.25. The van der Waals surface area contributed by atoms with E-state index in [1.165, 1.54) is 16.2 Å². The summed E-state index contributed by atoms with van der Waals surface area (Å²) in [5.41, 5.74) is -0.566. The van der Waals surface area contributed by atoms with Crippen molar-refractivity contribution < 1.29 is 19.1 Å². The fraction of sp³-hybridized carbons (Fsp3) is 0.611. The molecule has 0 aliphatic heterocycles. The summed E-state index contributed by atoms with van der Waals surface area (Å²) < 4.78 is 5.26. The van der Waals surface area contributed by atoms with Gasteiger partial charge in [0.15, 0.2) is 0 Å². The molecule has 2 N–H and O–H groups in total. The number of nitrogens with zero attached hydrogens (tertiary/aromatic N) is 1. The van der Waals surface area contributed by atoms with Crippen LogP contribution in [0.5, 0.6) is 0 Å². The molecule has 0 unspecified atom stereocenters. The largest absolute Gasteiger partial charge is 0.444 e. The van der Waals surface area contributed by atoms with Crippen molar-refractivity contribution in [3.8, 4) is 0 Å². The van der Waals surface area contributed by atoms with Gasteiger partial charge in [-0.25, -0.2) is 4.79 Å². The Morgan fingerprint density at radius 1 is 1.27 bits per heavy atom. The van der Waals surface area contributed by atoms with Gasteiger partial charge in [0.25, 0.3) is 5.91 Å². The first-order chi connectivity index (χ1) is 12.0. The van der Waals surface area contributed by atoms with Gasteiger partial charge in [-0.15, -0.1) is 11.3 Å². The van der Waals surface area contributed by atoms with E-state index in [9.17, 15) is 14.4 Å². The zero-order valence-electron chi connectivity index (χ0n) is 16.3. The Morgan fingerprint density at radius 3 is 2.42 bits per heavy atom. The SMILES string of the molecule is CC(C)[C@H](NC(=O)c1cccs1)C(=O)NCCN(C)C(=O)OC(C)(C)C. The highest BCUT2D eigenvalue weighted by atomic mass is 32.1. The Hall–Kier alpha value is -2.09. The van der Waals surface area contributed by atoms with Crippen LogP contribution < -0.4 is 10.6 Å². The normalized spacial score (nSPS) is 12.4. The number of hydrogen-bond donors (Lipinski definition) is 2. The van der Waals surface area contributed by atoms with Gasteiger partial charge in [0, 0.05) is 20.1 Å². The molecule has 1 atom stereocenters. The lowest BCUT2D eigenvalue weighted by atomic mass is 10.0. The number of carbonyl (C=O) groups excluding carboxylic acids is 3. The van der Waals surface area contributed by atoms with Gasteiger partial charge in [0.2, 0.25) is 5.91 Å². The lowest BCUT2D eigenvalue weighted by molar-refractivity contribution is -0.124. The Labute approximate surface area is 159 Å². The van der Waals surface area contributed by atoms with E-state index in [0.717, 1.165) is 0 Å². The molecule has 0 fully saturated rings. The Bertz CT molecular complexity index is 608. The molecule has 0 bridgehead atoms. The minimum atomic E-state index is -0.642. The molecule has 26 heavy (non-hydrogen) atoms. The first-order valence-electron chi connectivity index (χ1n) is 8.57. The van der Waals surface area contributed by atoms with Gasteiger partial charge in [-0.05, 0) is 38.1 Å². The van der Waals surface area contributed by atoms with Crippen LogP contribution in [-0.4, -0.2) is 54.6 Å². The summed E-state index contributed by atoms with van der Waals surface area (Å²) in [7, 11) is 1.61. The standard InChI is InChI=1S/C18H29N3O4S/c1-12(2)14(20-15(22)13-8-7-11-26-13)16(23)19-9-10-21(6)17(24)25-18(3,4)5/h7-8,11-12,14H,9-10H2,1-6H3,(H,19,23)(H,20,22)/t14-/m0/s1. The smallest absolute Gasteiger partial charge is 0.410 e. The Morgan fingerprint density at radius 2 is 1.92 bits per heavy atom. The predicted octanol–water partition coefficient (Wildman–Crippen LogP) is 2.49. The molecule has 146 valence electrons. The van der Waals surface area contributed by atoms with Crippen LogP contribution >= 0.6 is 11.3 Å².